The first kappa shape index (κ1) is 14.0. The van der Waals surface area contributed by atoms with E-state index < -0.39 is 0 Å². The van der Waals surface area contributed by atoms with Crippen LogP contribution in [0, 0.1) is 5.82 Å². The van der Waals surface area contributed by atoms with Gasteiger partial charge in [-0.1, -0.05) is 6.92 Å². The number of hydrogen-bond acceptors (Lipinski definition) is 5. The normalized spacial score (nSPS) is 19.7. The van der Waals surface area contributed by atoms with Crippen molar-refractivity contribution >= 4 is 11.8 Å². The number of halogens is 1. The van der Waals surface area contributed by atoms with Gasteiger partial charge >= 0.3 is 0 Å². The summed E-state index contributed by atoms with van der Waals surface area (Å²) < 4.78 is 13.8. The number of nitrogens with one attached hydrogen (secondary N) is 1. The molecule has 1 aliphatic rings. The van der Waals surface area contributed by atoms with E-state index in [1.807, 2.05) is 11.9 Å². The van der Waals surface area contributed by atoms with Crippen LogP contribution in [0.2, 0.25) is 0 Å². The summed E-state index contributed by atoms with van der Waals surface area (Å²) >= 11 is 0. The molecule has 1 atom stereocenters. The van der Waals surface area contributed by atoms with Crippen LogP contribution in [0.1, 0.15) is 19.8 Å². The molecular weight excluding hydrogens is 245 g/mol. The molecule has 0 amide bonds. The molecule has 2 rings (SSSR count). The summed E-state index contributed by atoms with van der Waals surface area (Å²) in [5.41, 5.74) is 0. The molecule has 0 radical (unpaired) electrons. The lowest BCUT2D eigenvalue weighted by Gasteiger charge is -2.28. The van der Waals surface area contributed by atoms with Crippen molar-refractivity contribution in [2.75, 3.05) is 43.9 Å². The molecule has 5 nitrogen and oxygen atoms in total. The molecule has 1 aromatic heterocycles. The Morgan fingerprint density at radius 1 is 1.58 bits per heavy atom. The summed E-state index contributed by atoms with van der Waals surface area (Å²) in [5, 5.41) is 2.84. The first-order chi connectivity index (χ1) is 9.15. The topological polar surface area (TPSA) is 44.3 Å². The van der Waals surface area contributed by atoms with Crippen molar-refractivity contribution in [1.29, 1.82) is 0 Å². The maximum atomic E-state index is 13.8. The van der Waals surface area contributed by atoms with Crippen molar-refractivity contribution in [3.05, 3.63) is 12.0 Å². The summed E-state index contributed by atoms with van der Waals surface area (Å²) in [4.78, 5) is 12.4. The Labute approximate surface area is 113 Å². The van der Waals surface area contributed by atoms with Crippen molar-refractivity contribution in [3.8, 4) is 0 Å². The minimum atomic E-state index is -0.373. The second-order valence-electron chi connectivity index (χ2n) is 4.92. The first-order valence-electron chi connectivity index (χ1n) is 6.81. The minimum absolute atomic E-state index is 0.363. The molecule has 0 aliphatic carbocycles. The van der Waals surface area contributed by atoms with Gasteiger partial charge in [0.15, 0.2) is 11.6 Å². The van der Waals surface area contributed by atoms with Gasteiger partial charge in [-0.25, -0.2) is 9.37 Å². The standard InChI is InChI=1S/C13H22FN5/c1-4-19-7-5-6-10(19)9-18(3)12-11(14)8-16-13(15-2)17-12/h8,10H,4-7,9H2,1-3H3,(H,15,16,17). The fourth-order valence-electron chi connectivity index (χ4n) is 2.67. The maximum Gasteiger partial charge on any atom is 0.224 e. The number of aromatic nitrogens is 2. The van der Waals surface area contributed by atoms with E-state index in [9.17, 15) is 4.39 Å². The zero-order valence-corrected chi connectivity index (χ0v) is 11.9. The van der Waals surface area contributed by atoms with Gasteiger partial charge in [0, 0.05) is 26.7 Å². The number of likely N-dealkylation sites (N-methyl/N-ethyl adjacent to an activating group) is 2. The van der Waals surface area contributed by atoms with E-state index in [4.69, 9.17) is 0 Å². The van der Waals surface area contributed by atoms with Crippen LogP contribution in [0.25, 0.3) is 0 Å². The molecule has 0 spiro atoms. The van der Waals surface area contributed by atoms with Gasteiger partial charge in [0.25, 0.3) is 0 Å². The largest absolute Gasteiger partial charge is 0.357 e. The highest BCUT2D eigenvalue weighted by molar-refractivity contribution is 5.43. The maximum absolute atomic E-state index is 13.8. The molecule has 6 heteroatoms. The lowest BCUT2D eigenvalue weighted by Crippen LogP contribution is -2.39. The zero-order valence-electron chi connectivity index (χ0n) is 11.9. The fraction of sp³-hybridized carbons (Fsp3) is 0.692. The van der Waals surface area contributed by atoms with Crippen molar-refractivity contribution in [1.82, 2.24) is 14.9 Å². The average molecular weight is 267 g/mol. The highest BCUT2D eigenvalue weighted by atomic mass is 19.1. The molecular formula is C13H22FN5. The van der Waals surface area contributed by atoms with Crippen LogP contribution < -0.4 is 10.2 Å². The summed E-state index contributed by atoms with van der Waals surface area (Å²) in [5.74, 6) is 0.437. The highest BCUT2D eigenvalue weighted by Gasteiger charge is 2.25. The summed E-state index contributed by atoms with van der Waals surface area (Å²) in [6, 6.07) is 0.488. The van der Waals surface area contributed by atoms with Crippen molar-refractivity contribution in [2.45, 2.75) is 25.8 Å². The molecule has 106 valence electrons. The highest BCUT2D eigenvalue weighted by Crippen LogP contribution is 2.21. The molecule has 2 heterocycles. The van der Waals surface area contributed by atoms with Crippen LogP contribution >= 0.6 is 0 Å². The molecule has 1 N–H and O–H groups in total. The molecule has 0 aromatic carbocycles. The first-order valence-corrected chi connectivity index (χ1v) is 6.81. The third-order valence-electron chi connectivity index (χ3n) is 3.70. The van der Waals surface area contributed by atoms with Crippen molar-refractivity contribution < 1.29 is 4.39 Å². The molecule has 1 fully saturated rings. The molecule has 0 saturated carbocycles. The van der Waals surface area contributed by atoms with E-state index in [2.05, 4.69) is 27.1 Å². The molecule has 1 aromatic rings. The number of anilines is 2. The van der Waals surface area contributed by atoms with E-state index in [-0.39, 0.29) is 5.82 Å². The second kappa shape index (κ2) is 6.14. The Morgan fingerprint density at radius 2 is 2.37 bits per heavy atom. The number of hydrogen-bond donors (Lipinski definition) is 1. The lowest BCUT2D eigenvalue weighted by molar-refractivity contribution is 0.270. The second-order valence-corrected chi connectivity index (χ2v) is 4.92. The van der Waals surface area contributed by atoms with Crippen LogP contribution in [-0.4, -0.2) is 54.6 Å². The van der Waals surface area contributed by atoms with Gasteiger partial charge in [0.2, 0.25) is 5.95 Å². The van der Waals surface area contributed by atoms with Gasteiger partial charge in [-0.15, -0.1) is 0 Å². The molecule has 1 saturated heterocycles. The Bertz CT molecular complexity index is 425. The average Bonchev–Trinajstić information content (AvgIpc) is 2.86. The third kappa shape index (κ3) is 3.12. The summed E-state index contributed by atoms with van der Waals surface area (Å²) in [6.45, 7) is 5.16. The van der Waals surface area contributed by atoms with Gasteiger partial charge in [-0.05, 0) is 25.9 Å². The third-order valence-corrected chi connectivity index (χ3v) is 3.70. The Balaban J connectivity index is 2.08. The smallest absolute Gasteiger partial charge is 0.224 e. The lowest BCUT2D eigenvalue weighted by atomic mass is 10.2. The molecule has 19 heavy (non-hydrogen) atoms. The number of likely N-dealkylation sites (tertiary alicyclic amines) is 1. The van der Waals surface area contributed by atoms with E-state index >= 15 is 0 Å². The van der Waals surface area contributed by atoms with Crippen LogP contribution in [-0.2, 0) is 0 Å². The van der Waals surface area contributed by atoms with Crippen LogP contribution in [0.5, 0.6) is 0 Å². The van der Waals surface area contributed by atoms with Crippen LogP contribution in [0.3, 0.4) is 0 Å². The van der Waals surface area contributed by atoms with Crippen LogP contribution in [0.15, 0.2) is 6.20 Å². The van der Waals surface area contributed by atoms with E-state index in [1.54, 1.807) is 7.05 Å². The van der Waals surface area contributed by atoms with Gasteiger partial charge in [0.05, 0.1) is 6.20 Å². The number of nitrogens with zero attached hydrogens (tertiary/aromatic N) is 4. The molecule has 1 aliphatic heterocycles. The Morgan fingerprint density at radius 3 is 3.05 bits per heavy atom. The number of rotatable bonds is 5. The van der Waals surface area contributed by atoms with Gasteiger partial charge in [0.1, 0.15) is 0 Å². The molecule has 0 bridgehead atoms. The van der Waals surface area contributed by atoms with Gasteiger partial charge in [-0.3, -0.25) is 4.90 Å². The Kier molecular flexibility index (Phi) is 4.52. The Hall–Kier alpha value is -1.43. The van der Waals surface area contributed by atoms with E-state index in [1.165, 1.54) is 19.0 Å². The molecule has 1 unspecified atom stereocenters. The zero-order chi connectivity index (χ0) is 13.8. The summed E-state index contributed by atoms with van der Waals surface area (Å²) in [7, 11) is 3.61. The predicted molar refractivity (Wildman–Crippen MR) is 75.1 cm³/mol. The minimum Gasteiger partial charge on any atom is -0.357 e. The SMILES string of the molecule is CCN1CCCC1CN(C)c1nc(NC)ncc1F. The van der Waals surface area contributed by atoms with E-state index in [0.29, 0.717) is 17.8 Å². The van der Waals surface area contributed by atoms with Gasteiger partial charge in [-0.2, -0.15) is 4.98 Å². The van der Waals surface area contributed by atoms with Gasteiger partial charge < -0.3 is 10.2 Å². The van der Waals surface area contributed by atoms with E-state index in [0.717, 1.165) is 19.6 Å². The summed E-state index contributed by atoms with van der Waals surface area (Å²) in [6.07, 6.45) is 3.61. The quantitative estimate of drug-likeness (QED) is 0.877. The van der Waals surface area contributed by atoms with Crippen LogP contribution in [0.4, 0.5) is 16.2 Å². The van der Waals surface area contributed by atoms with Crippen molar-refractivity contribution in [2.24, 2.45) is 0 Å². The van der Waals surface area contributed by atoms with Crippen molar-refractivity contribution in [3.63, 3.8) is 0 Å². The monoisotopic (exact) mass is 267 g/mol. The fourth-order valence-corrected chi connectivity index (χ4v) is 2.67. The predicted octanol–water partition coefficient (Wildman–Crippen LogP) is 1.58.